The van der Waals surface area contributed by atoms with Crippen molar-refractivity contribution in [3.05, 3.63) is 29.8 Å². The molecule has 18 heavy (non-hydrogen) atoms. The molecule has 0 spiro atoms. The van der Waals surface area contributed by atoms with Crippen LogP contribution in [0.4, 0.5) is 0 Å². The molecule has 0 bridgehead atoms. The van der Waals surface area contributed by atoms with E-state index in [4.69, 9.17) is 11.6 Å². The Balaban J connectivity index is 1.83. The summed E-state index contributed by atoms with van der Waals surface area (Å²) in [6.45, 7) is 0.742. The first-order chi connectivity index (χ1) is 8.69. The summed E-state index contributed by atoms with van der Waals surface area (Å²) in [7, 11) is 0. The fraction of sp³-hybridized carbons (Fsp3) is 0.500. The first kappa shape index (κ1) is 13.8. The van der Waals surface area contributed by atoms with E-state index in [9.17, 15) is 4.79 Å². The van der Waals surface area contributed by atoms with E-state index in [0.717, 1.165) is 31.4 Å². The summed E-state index contributed by atoms with van der Waals surface area (Å²) in [6, 6.07) is 7.70. The van der Waals surface area contributed by atoms with Crippen LogP contribution in [0.15, 0.2) is 29.2 Å². The molecule has 1 aromatic rings. The Kier molecular flexibility index (Phi) is 4.95. The number of amides is 1. The molecule has 2 rings (SSSR count). The van der Waals surface area contributed by atoms with Crippen LogP contribution < -0.4 is 5.32 Å². The first-order valence-corrected chi connectivity index (χ1v) is 7.91. The summed E-state index contributed by atoms with van der Waals surface area (Å²) in [5.74, 6) is 0.558. The normalized spacial score (nSPS) is 23.0. The van der Waals surface area contributed by atoms with Gasteiger partial charge < -0.3 is 5.32 Å². The predicted octanol–water partition coefficient (Wildman–Crippen LogP) is 3.55. The SMILES string of the molecule is CSc1ccc(C(=O)NCC2CCC(Cl)C2)cc1. The van der Waals surface area contributed by atoms with Crippen LogP contribution in [0.25, 0.3) is 0 Å². The molecule has 1 amide bonds. The molecule has 0 aliphatic heterocycles. The Morgan fingerprint density at radius 3 is 2.67 bits per heavy atom. The largest absolute Gasteiger partial charge is 0.352 e. The highest BCUT2D eigenvalue weighted by atomic mass is 35.5. The smallest absolute Gasteiger partial charge is 0.251 e. The third-order valence-corrected chi connectivity index (χ3v) is 4.52. The lowest BCUT2D eigenvalue weighted by molar-refractivity contribution is 0.0947. The molecule has 1 aliphatic rings. The molecule has 1 saturated carbocycles. The molecule has 2 nitrogen and oxygen atoms in total. The van der Waals surface area contributed by atoms with E-state index in [1.165, 1.54) is 4.90 Å². The Labute approximate surface area is 117 Å². The van der Waals surface area contributed by atoms with E-state index in [1.54, 1.807) is 11.8 Å². The van der Waals surface area contributed by atoms with Crippen molar-refractivity contribution >= 4 is 29.3 Å². The second kappa shape index (κ2) is 6.48. The number of benzene rings is 1. The van der Waals surface area contributed by atoms with Gasteiger partial charge >= 0.3 is 0 Å². The van der Waals surface area contributed by atoms with Gasteiger partial charge in [-0.15, -0.1) is 23.4 Å². The predicted molar refractivity (Wildman–Crippen MR) is 77.5 cm³/mol. The molecule has 98 valence electrons. The molecule has 1 fully saturated rings. The minimum atomic E-state index is 0.0145. The van der Waals surface area contributed by atoms with E-state index in [2.05, 4.69) is 5.32 Å². The lowest BCUT2D eigenvalue weighted by Crippen LogP contribution is -2.28. The van der Waals surface area contributed by atoms with E-state index in [0.29, 0.717) is 11.3 Å². The lowest BCUT2D eigenvalue weighted by Gasteiger charge is -2.11. The maximum absolute atomic E-state index is 11.9. The highest BCUT2D eigenvalue weighted by molar-refractivity contribution is 7.98. The molecular formula is C14H18ClNOS. The third-order valence-electron chi connectivity index (χ3n) is 3.38. The number of nitrogens with one attached hydrogen (secondary N) is 1. The first-order valence-electron chi connectivity index (χ1n) is 6.25. The van der Waals surface area contributed by atoms with Crippen molar-refractivity contribution in [1.82, 2.24) is 5.32 Å². The molecule has 4 heteroatoms. The second-order valence-electron chi connectivity index (χ2n) is 4.71. The van der Waals surface area contributed by atoms with Crippen LogP contribution in [-0.4, -0.2) is 24.1 Å². The quantitative estimate of drug-likeness (QED) is 0.676. The highest BCUT2D eigenvalue weighted by Gasteiger charge is 2.23. The lowest BCUT2D eigenvalue weighted by atomic mass is 10.1. The van der Waals surface area contributed by atoms with Gasteiger partial charge in [-0.25, -0.2) is 0 Å². The van der Waals surface area contributed by atoms with Crippen LogP contribution >= 0.6 is 23.4 Å². The van der Waals surface area contributed by atoms with Crippen LogP contribution in [0.3, 0.4) is 0 Å². The zero-order valence-electron chi connectivity index (χ0n) is 10.5. The minimum absolute atomic E-state index is 0.0145. The summed E-state index contributed by atoms with van der Waals surface area (Å²) >= 11 is 7.73. The zero-order valence-corrected chi connectivity index (χ0v) is 12.1. The molecule has 0 radical (unpaired) electrons. The average Bonchev–Trinajstić information content (AvgIpc) is 2.82. The van der Waals surface area contributed by atoms with Crippen molar-refractivity contribution in [2.45, 2.75) is 29.5 Å². The molecule has 0 aromatic heterocycles. The fourth-order valence-electron chi connectivity index (χ4n) is 2.28. The summed E-state index contributed by atoms with van der Waals surface area (Å²) in [5, 5.41) is 3.29. The van der Waals surface area contributed by atoms with Gasteiger partial charge in [0, 0.05) is 22.4 Å². The van der Waals surface area contributed by atoms with Crippen LogP contribution in [0.2, 0.25) is 0 Å². The number of hydrogen-bond acceptors (Lipinski definition) is 2. The van der Waals surface area contributed by atoms with Gasteiger partial charge in [0.1, 0.15) is 0 Å². The van der Waals surface area contributed by atoms with Gasteiger partial charge in [-0.3, -0.25) is 4.79 Å². The van der Waals surface area contributed by atoms with Crippen molar-refractivity contribution in [1.29, 1.82) is 0 Å². The number of alkyl halides is 1. The van der Waals surface area contributed by atoms with Gasteiger partial charge in [-0.2, -0.15) is 0 Å². The molecule has 0 saturated heterocycles. The van der Waals surface area contributed by atoms with Crippen LogP contribution in [0, 0.1) is 5.92 Å². The Morgan fingerprint density at radius 2 is 2.11 bits per heavy atom. The van der Waals surface area contributed by atoms with E-state index in [-0.39, 0.29) is 5.91 Å². The van der Waals surface area contributed by atoms with Crippen molar-refractivity contribution in [3.63, 3.8) is 0 Å². The standard InChI is InChI=1S/C14H18ClNOS/c1-18-13-6-3-11(4-7-13)14(17)16-9-10-2-5-12(15)8-10/h3-4,6-7,10,12H,2,5,8-9H2,1H3,(H,16,17). The van der Waals surface area contributed by atoms with Crippen molar-refractivity contribution < 1.29 is 4.79 Å². The van der Waals surface area contributed by atoms with Gasteiger partial charge in [-0.05, 0) is 55.7 Å². The van der Waals surface area contributed by atoms with Gasteiger partial charge in [0.15, 0.2) is 0 Å². The monoisotopic (exact) mass is 283 g/mol. The van der Waals surface area contributed by atoms with Crippen LogP contribution in [0.5, 0.6) is 0 Å². The maximum atomic E-state index is 11.9. The molecule has 0 heterocycles. The highest BCUT2D eigenvalue weighted by Crippen LogP contribution is 2.28. The summed E-state index contributed by atoms with van der Waals surface area (Å²) in [4.78, 5) is 13.1. The zero-order chi connectivity index (χ0) is 13.0. The van der Waals surface area contributed by atoms with Gasteiger partial charge in [-0.1, -0.05) is 0 Å². The third kappa shape index (κ3) is 3.66. The van der Waals surface area contributed by atoms with Crippen molar-refractivity contribution in [3.8, 4) is 0 Å². The number of carbonyl (C=O) groups is 1. The fourth-order valence-corrected chi connectivity index (χ4v) is 3.07. The van der Waals surface area contributed by atoms with E-state index >= 15 is 0 Å². The number of thioether (sulfide) groups is 1. The Bertz CT molecular complexity index is 407. The number of halogens is 1. The molecule has 2 atom stereocenters. The number of hydrogen-bond donors (Lipinski definition) is 1. The molecule has 1 aromatic carbocycles. The Hall–Kier alpha value is -0.670. The number of rotatable bonds is 4. The molecule has 1 aliphatic carbocycles. The van der Waals surface area contributed by atoms with Gasteiger partial charge in [0.25, 0.3) is 5.91 Å². The van der Waals surface area contributed by atoms with Gasteiger partial charge in [0.05, 0.1) is 0 Å². The maximum Gasteiger partial charge on any atom is 0.251 e. The van der Waals surface area contributed by atoms with Crippen LogP contribution in [-0.2, 0) is 0 Å². The van der Waals surface area contributed by atoms with Crippen LogP contribution in [0.1, 0.15) is 29.6 Å². The summed E-state index contributed by atoms with van der Waals surface area (Å²) < 4.78 is 0. The van der Waals surface area contributed by atoms with Crippen molar-refractivity contribution in [2.75, 3.05) is 12.8 Å². The van der Waals surface area contributed by atoms with Gasteiger partial charge in [0.2, 0.25) is 0 Å². The minimum Gasteiger partial charge on any atom is -0.352 e. The molecule has 1 N–H and O–H groups in total. The molecular weight excluding hydrogens is 266 g/mol. The Morgan fingerprint density at radius 1 is 1.39 bits per heavy atom. The summed E-state index contributed by atoms with van der Waals surface area (Å²) in [6.07, 6.45) is 5.25. The second-order valence-corrected chi connectivity index (χ2v) is 6.21. The number of carbonyl (C=O) groups excluding carboxylic acids is 1. The summed E-state index contributed by atoms with van der Waals surface area (Å²) in [5.41, 5.74) is 0.730. The topological polar surface area (TPSA) is 29.1 Å². The molecule has 2 unspecified atom stereocenters. The van der Waals surface area contributed by atoms with E-state index < -0.39 is 0 Å². The average molecular weight is 284 g/mol. The van der Waals surface area contributed by atoms with E-state index in [1.807, 2.05) is 30.5 Å². The van der Waals surface area contributed by atoms with Crippen molar-refractivity contribution in [2.24, 2.45) is 5.92 Å².